The molecule has 1 amide bonds. The van der Waals surface area contributed by atoms with Gasteiger partial charge in [0.15, 0.2) is 10.8 Å². The minimum absolute atomic E-state index is 0. The SMILES string of the molecule is O=C1[C@@H](N2CCCc3cc(Cl)ccc32)CCN1c1ccc(S(=O)(=O)Nc2nc(C(F)(F)F)cs2)cc1.[HH]. The summed E-state index contributed by atoms with van der Waals surface area (Å²) < 4.78 is 65.6. The van der Waals surface area contributed by atoms with E-state index in [9.17, 15) is 26.4 Å². The number of aryl methyl sites for hydroxylation is 1. The zero-order chi connectivity index (χ0) is 25.7. The van der Waals surface area contributed by atoms with E-state index >= 15 is 0 Å². The third-order valence-corrected chi connectivity index (χ3v) is 8.70. The summed E-state index contributed by atoms with van der Waals surface area (Å²) in [5.74, 6) is -0.0750. The number of hydrogen-bond donors (Lipinski definition) is 1. The monoisotopic (exact) mass is 558 g/mol. The van der Waals surface area contributed by atoms with Gasteiger partial charge in [0.05, 0.1) is 4.90 Å². The van der Waals surface area contributed by atoms with Crippen molar-refractivity contribution >= 4 is 55.4 Å². The molecule has 192 valence electrons. The van der Waals surface area contributed by atoms with E-state index in [1.807, 2.05) is 18.2 Å². The maximum atomic E-state index is 13.3. The second kappa shape index (κ2) is 9.24. The van der Waals surface area contributed by atoms with Crippen LogP contribution in [0, 0.1) is 0 Å². The zero-order valence-electron chi connectivity index (χ0n) is 18.6. The smallest absolute Gasteiger partial charge is 0.359 e. The standard InChI is InChI=1S/C23H20ClF3N4O3S2.H2/c24-15-3-8-18-14(12-15)2-1-10-31(18)19-9-11-30(21(19)32)16-4-6-17(7-5-16)36(33,34)29-22-28-20(13-35-22)23(25,26)27;/h3-8,12-13,19H,1-2,9-11H2,(H,28,29);1H/t19-;/m0./s1. The van der Waals surface area contributed by atoms with Crippen LogP contribution < -0.4 is 14.5 Å². The van der Waals surface area contributed by atoms with Crippen LogP contribution in [0.2, 0.25) is 5.02 Å². The number of aromatic nitrogens is 1. The number of anilines is 3. The molecule has 13 heteroatoms. The highest BCUT2D eigenvalue weighted by molar-refractivity contribution is 7.93. The minimum atomic E-state index is -4.66. The molecular formula is C23H22ClF3N4O3S2. The summed E-state index contributed by atoms with van der Waals surface area (Å²) in [5, 5.41) is 1.02. The van der Waals surface area contributed by atoms with Gasteiger partial charge in [0, 0.05) is 36.3 Å². The molecule has 5 rings (SSSR count). The lowest BCUT2D eigenvalue weighted by Crippen LogP contribution is -2.44. The molecule has 0 radical (unpaired) electrons. The average molecular weight is 559 g/mol. The number of fused-ring (bicyclic) bond motifs is 1. The Balaban J connectivity index is 0.00000320. The Labute approximate surface area is 216 Å². The molecule has 2 aliphatic rings. The Morgan fingerprint density at radius 1 is 1.14 bits per heavy atom. The van der Waals surface area contributed by atoms with Crippen LogP contribution in [0.1, 0.15) is 25.5 Å². The summed E-state index contributed by atoms with van der Waals surface area (Å²) >= 11 is 6.68. The normalized spacial score (nSPS) is 18.4. The number of sulfonamides is 1. The summed E-state index contributed by atoms with van der Waals surface area (Å²) in [4.78, 5) is 20.2. The van der Waals surface area contributed by atoms with Gasteiger partial charge >= 0.3 is 6.18 Å². The molecule has 0 saturated carbocycles. The highest BCUT2D eigenvalue weighted by atomic mass is 35.5. The van der Waals surface area contributed by atoms with Crippen molar-refractivity contribution in [2.75, 3.05) is 27.6 Å². The number of benzene rings is 2. The molecule has 1 N–H and O–H groups in total. The van der Waals surface area contributed by atoms with Crippen LogP contribution in [0.25, 0.3) is 0 Å². The molecule has 1 atom stereocenters. The lowest BCUT2D eigenvalue weighted by molar-refractivity contribution is -0.140. The molecule has 3 heterocycles. The van der Waals surface area contributed by atoms with E-state index in [4.69, 9.17) is 11.6 Å². The zero-order valence-corrected chi connectivity index (χ0v) is 21.0. The van der Waals surface area contributed by atoms with Gasteiger partial charge in [0.1, 0.15) is 6.04 Å². The molecule has 0 aliphatic carbocycles. The predicted molar refractivity (Wildman–Crippen MR) is 134 cm³/mol. The summed E-state index contributed by atoms with van der Waals surface area (Å²) in [6.45, 7) is 1.24. The number of alkyl halides is 3. The van der Waals surface area contributed by atoms with Gasteiger partial charge in [-0.05, 0) is 67.3 Å². The van der Waals surface area contributed by atoms with Crippen LogP contribution in [0.3, 0.4) is 0 Å². The first-order valence-corrected chi connectivity index (χ1v) is 13.8. The number of nitrogens with zero attached hydrogens (tertiary/aromatic N) is 3. The van der Waals surface area contributed by atoms with Crippen LogP contribution in [0.15, 0.2) is 52.7 Å². The molecular weight excluding hydrogens is 537 g/mol. The van der Waals surface area contributed by atoms with Gasteiger partial charge in [-0.2, -0.15) is 13.2 Å². The van der Waals surface area contributed by atoms with E-state index < -0.39 is 21.9 Å². The van der Waals surface area contributed by atoms with Crippen molar-refractivity contribution in [1.82, 2.24) is 4.98 Å². The number of halogens is 4. The van der Waals surface area contributed by atoms with Crippen molar-refractivity contribution in [3.8, 4) is 0 Å². The first kappa shape index (κ1) is 24.8. The van der Waals surface area contributed by atoms with E-state index in [0.717, 1.165) is 36.0 Å². The predicted octanol–water partition coefficient (Wildman–Crippen LogP) is 5.42. The summed E-state index contributed by atoms with van der Waals surface area (Å²) in [5.41, 5.74) is 1.50. The van der Waals surface area contributed by atoms with E-state index in [-0.39, 0.29) is 23.4 Å². The maximum Gasteiger partial charge on any atom is 0.434 e. The van der Waals surface area contributed by atoms with Crippen molar-refractivity contribution in [2.45, 2.75) is 36.4 Å². The number of hydrogen-bond acceptors (Lipinski definition) is 6. The molecule has 2 aromatic carbocycles. The molecule has 1 saturated heterocycles. The molecule has 1 fully saturated rings. The first-order valence-electron chi connectivity index (χ1n) is 11.0. The van der Waals surface area contributed by atoms with Crippen LogP contribution >= 0.6 is 22.9 Å². The van der Waals surface area contributed by atoms with Crippen LogP contribution in [0.5, 0.6) is 0 Å². The molecule has 36 heavy (non-hydrogen) atoms. The topological polar surface area (TPSA) is 82.6 Å². The summed E-state index contributed by atoms with van der Waals surface area (Å²) in [6, 6.07) is 11.0. The number of nitrogens with one attached hydrogen (secondary N) is 1. The Hall–Kier alpha value is -2.83. The van der Waals surface area contributed by atoms with Gasteiger partial charge in [0.25, 0.3) is 10.0 Å². The fourth-order valence-electron chi connectivity index (χ4n) is 4.56. The number of rotatable bonds is 5. The maximum absolute atomic E-state index is 13.3. The second-order valence-electron chi connectivity index (χ2n) is 8.50. The van der Waals surface area contributed by atoms with Crippen molar-refractivity contribution in [2.24, 2.45) is 0 Å². The van der Waals surface area contributed by atoms with Gasteiger partial charge in [-0.25, -0.2) is 13.4 Å². The Morgan fingerprint density at radius 2 is 1.89 bits per heavy atom. The van der Waals surface area contributed by atoms with Crippen molar-refractivity contribution in [1.29, 1.82) is 0 Å². The highest BCUT2D eigenvalue weighted by Gasteiger charge is 2.38. The highest BCUT2D eigenvalue weighted by Crippen LogP contribution is 2.35. The largest absolute Gasteiger partial charge is 0.434 e. The van der Waals surface area contributed by atoms with Gasteiger partial charge in [-0.3, -0.25) is 9.52 Å². The van der Waals surface area contributed by atoms with Gasteiger partial charge in [-0.1, -0.05) is 11.6 Å². The van der Waals surface area contributed by atoms with E-state index in [2.05, 4.69) is 14.6 Å². The Kier molecular flexibility index (Phi) is 6.38. The van der Waals surface area contributed by atoms with Gasteiger partial charge < -0.3 is 9.80 Å². The fraction of sp³-hybridized carbons (Fsp3) is 0.304. The average Bonchev–Trinajstić information content (AvgIpc) is 3.45. The summed E-state index contributed by atoms with van der Waals surface area (Å²) in [6.07, 6.45) is -2.22. The Morgan fingerprint density at radius 3 is 2.58 bits per heavy atom. The second-order valence-corrected chi connectivity index (χ2v) is 11.5. The third kappa shape index (κ3) is 4.76. The number of carbonyl (C=O) groups excluding carboxylic acids is 1. The number of amides is 1. The van der Waals surface area contributed by atoms with Gasteiger partial charge in [-0.15, -0.1) is 11.3 Å². The van der Waals surface area contributed by atoms with E-state index in [0.29, 0.717) is 35.0 Å². The lowest BCUT2D eigenvalue weighted by Gasteiger charge is -2.35. The van der Waals surface area contributed by atoms with Crippen LogP contribution in [0.4, 0.5) is 29.7 Å². The summed E-state index contributed by atoms with van der Waals surface area (Å²) in [7, 11) is -4.16. The fourth-order valence-corrected chi connectivity index (χ4v) is 6.72. The van der Waals surface area contributed by atoms with Crippen LogP contribution in [-0.4, -0.2) is 38.4 Å². The molecule has 2 aliphatic heterocycles. The lowest BCUT2D eigenvalue weighted by atomic mass is 9.99. The van der Waals surface area contributed by atoms with Crippen LogP contribution in [-0.2, 0) is 27.4 Å². The minimum Gasteiger partial charge on any atom is -0.359 e. The first-order chi connectivity index (χ1) is 17.0. The number of carbonyl (C=O) groups is 1. The van der Waals surface area contributed by atoms with Crippen molar-refractivity contribution < 1.29 is 27.8 Å². The molecule has 0 spiro atoms. The third-order valence-electron chi connectivity index (χ3n) is 6.22. The number of thiazole rings is 1. The Bertz CT molecular complexity index is 1420. The quantitative estimate of drug-likeness (QED) is 0.452. The molecule has 7 nitrogen and oxygen atoms in total. The van der Waals surface area contributed by atoms with Gasteiger partial charge in [0.2, 0.25) is 5.91 Å². The molecule has 0 unspecified atom stereocenters. The molecule has 1 aromatic heterocycles. The van der Waals surface area contributed by atoms with Crippen molar-refractivity contribution in [3.05, 3.63) is 64.1 Å². The van der Waals surface area contributed by atoms with E-state index in [1.54, 1.807) is 4.90 Å². The van der Waals surface area contributed by atoms with Crippen molar-refractivity contribution in [3.63, 3.8) is 0 Å². The van der Waals surface area contributed by atoms with E-state index in [1.165, 1.54) is 24.3 Å². The molecule has 0 bridgehead atoms. The molecule has 3 aromatic rings.